The molecule has 690 valence electrons. The number of carbonyl (C=O) groups is 17. The summed E-state index contributed by atoms with van der Waals surface area (Å²) in [7, 11) is 0. The van der Waals surface area contributed by atoms with Gasteiger partial charge in [0.2, 0.25) is 76.8 Å². The first-order valence-corrected chi connectivity index (χ1v) is 42.1. The van der Waals surface area contributed by atoms with E-state index in [2.05, 4.69) is 69.1 Å². The molecular formula is C88H121N17O22. The molecule has 0 aromatic heterocycles. The van der Waals surface area contributed by atoms with Gasteiger partial charge in [0, 0.05) is 44.9 Å². The van der Waals surface area contributed by atoms with Gasteiger partial charge in [0.1, 0.15) is 84.3 Å². The molecule has 0 aliphatic rings. The van der Waals surface area contributed by atoms with Crippen molar-refractivity contribution in [2.24, 2.45) is 28.9 Å². The molecular weight excluding hydrogens is 1650 g/mol. The number of rotatable bonds is 58. The number of hydrogen-bond acceptors (Lipinski definition) is 22. The van der Waals surface area contributed by atoms with Crippen LogP contribution in [0.2, 0.25) is 0 Å². The largest absolute Gasteiger partial charge is 0.508 e. The van der Waals surface area contributed by atoms with Gasteiger partial charge in [0.25, 0.3) is 0 Å². The Morgan fingerprint density at radius 3 is 0.843 bits per heavy atom. The highest BCUT2D eigenvalue weighted by molar-refractivity contribution is 6.01. The first-order chi connectivity index (χ1) is 60.5. The molecule has 14 atom stereocenters. The van der Waals surface area contributed by atoms with Gasteiger partial charge in [-0.15, -0.1) is 0 Å². The molecule has 5 aromatic rings. The van der Waals surface area contributed by atoms with E-state index in [9.17, 15) is 102 Å². The molecule has 0 aliphatic heterocycles. The van der Waals surface area contributed by atoms with Gasteiger partial charge in [-0.05, 0) is 150 Å². The summed E-state index contributed by atoms with van der Waals surface area (Å²) in [5, 5.41) is 83.0. The van der Waals surface area contributed by atoms with Crippen LogP contribution in [0.4, 0.5) is 0 Å². The number of phenolic OH excluding ortho intramolecular Hbond substituents is 1. The highest BCUT2D eigenvalue weighted by Crippen LogP contribution is 2.18. The van der Waals surface area contributed by atoms with Gasteiger partial charge < -0.3 is 118 Å². The Balaban J connectivity index is 1.42. The van der Waals surface area contributed by atoms with E-state index in [4.69, 9.17) is 22.9 Å². The second-order valence-electron chi connectivity index (χ2n) is 31.2. The van der Waals surface area contributed by atoms with Gasteiger partial charge in [0.15, 0.2) is 0 Å². The average Bonchev–Trinajstić information content (AvgIpc) is 0.845. The number of nitrogens with one attached hydrogen (secondary N) is 13. The molecule has 0 aliphatic carbocycles. The first kappa shape index (κ1) is 104. The van der Waals surface area contributed by atoms with E-state index >= 15 is 4.79 Å². The molecule has 39 nitrogen and oxygen atoms in total. The number of aromatic hydroxyl groups is 1. The van der Waals surface area contributed by atoms with Crippen LogP contribution in [0.3, 0.4) is 0 Å². The molecule has 26 N–H and O–H groups in total. The third kappa shape index (κ3) is 38.4. The lowest BCUT2D eigenvalue weighted by Crippen LogP contribution is -2.62. The van der Waals surface area contributed by atoms with E-state index in [0.717, 1.165) is 0 Å². The number of nitrogens with two attached hydrogens (primary N) is 4. The number of hydrogen-bond donors (Lipinski definition) is 22. The highest BCUT2D eigenvalue weighted by Gasteiger charge is 2.39. The second-order valence-corrected chi connectivity index (χ2v) is 31.2. The predicted molar refractivity (Wildman–Crippen MR) is 464 cm³/mol. The topological polar surface area (TPSA) is 652 Å². The zero-order chi connectivity index (χ0) is 93.7. The standard InChI is InChI=1S/C88H121N17O22/c1-51(2)74(105-81(119)62(33-19-22-44-91)96-86(124)69(50-73(111)112)102-85(123)67(48-58-34-36-59(106)37-35-58)101-84(122)65(99-75(113)52(3)92)45-54-23-9-5-10-24-54)87(125)103-68(47-56-27-13-7-14-28-56)83(121)98-64(39-41-72(109)110)80(118)94-61(32-18-21-43-90)79(117)100-66(46-55-25-11-6-12-26-55)82(120)95-60(31-17-20-42-89)78(116)97-63(38-40-71(107)108)77(115)93-53(4)76(114)104-70(88(126)127)49-57-29-15-8-16-30-57/h5-16,23-30,34-37,51-53,60-70,74,106H,17-22,31-33,38-50,89-92H2,1-4H3,(H,93,115)(H,94,118)(H,95,120)(H,96,124)(H,97,116)(H,98,121)(H,99,113)(H,100,117)(H,101,122)(H,102,123)(H,103,125)(H,104,114)(H,105,119)(H,107,108)(H,109,110)(H,111,112)(H,126,127)/t52-,53-,60-,61-,62-,63-,64-,65-,66-,67-,68-,69-,70-,74-/m0/s1. The predicted octanol–water partition coefficient (Wildman–Crippen LogP) is -1.09. The first-order valence-electron chi connectivity index (χ1n) is 42.1. The minimum Gasteiger partial charge on any atom is -0.508 e. The van der Waals surface area contributed by atoms with Crippen LogP contribution in [-0.2, 0) is 114 Å². The van der Waals surface area contributed by atoms with E-state index in [1.54, 1.807) is 121 Å². The Morgan fingerprint density at radius 2 is 0.535 bits per heavy atom. The Hall–Kier alpha value is -13.3. The van der Waals surface area contributed by atoms with Crippen LogP contribution in [0.25, 0.3) is 0 Å². The Labute approximate surface area is 735 Å². The van der Waals surface area contributed by atoms with E-state index in [0.29, 0.717) is 34.2 Å². The fourth-order valence-corrected chi connectivity index (χ4v) is 13.3. The maximum absolute atomic E-state index is 15.0. The van der Waals surface area contributed by atoms with Crippen molar-refractivity contribution in [1.29, 1.82) is 0 Å². The van der Waals surface area contributed by atoms with Gasteiger partial charge in [0.05, 0.1) is 12.5 Å². The third-order valence-electron chi connectivity index (χ3n) is 20.4. The van der Waals surface area contributed by atoms with E-state index in [1.807, 2.05) is 0 Å². The molecule has 0 unspecified atom stereocenters. The Bertz CT molecular complexity index is 4460. The lowest BCUT2D eigenvalue weighted by atomic mass is 9.99. The summed E-state index contributed by atoms with van der Waals surface area (Å²) in [6, 6.07) is 17.0. The maximum Gasteiger partial charge on any atom is 0.326 e. The fraction of sp³-hybridized carbons (Fsp3) is 0.466. The third-order valence-corrected chi connectivity index (χ3v) is 20.4. The molecule has 5 aromatic carbocycles. The lowest BCUT2D eigenvalue weighted by molar-refractivity contribution is -0.142. The van der Waals surface area contributed by atoms with Crippen LogP contribution in [0, 0.1) is 5.92 Å². The van der Waals surface area contributed by atoms with Crippen molar-refractivity contribution in [3.63, 3.8) is 0 Å². The van der Waals surface area contributed by atoms with Gasteiger partial charge in [-0.1, -0.05) is 147 Å². The molecule has 13 amide bonds. The van der Waals surface area contributed by atoms with Crippen LogP contribution < -0.4 is 92.1 Å². The molecule has 0 fully saturated rings. The lowest BCUT2D eigenvalue weighted by Gasteiger charge is -2.29. The van der Waals surface area contributed by atoms with Gasteiger partial charge in [-0.3, -0.25) is 76.7 Å². The van der Waals surface area contributed by atoms with Crippen LogP contribution in [0.1, 0.15) is 145 Å². The van der Waals surface area contributed by atoms with E-state index in [1.165, 1.54) is 52.0 Å². The molecule has 0 spiro atoms. The summed E-state index contributed by atoms with van der Waals surface area (Å²) < 4.78 is 0. The zero-order valence-corrected chi connectivity index (χ0v) is 71.6. The van der Waals surface area contributed by atoms with Crippen molar-refractivity contribution in [3.8, 4) is 5.75 Å². The minimum atomic E-state index is -1.96. The second kappa shape index (κ2) is 55.2. The quantitative estimate of drug-likeness (QED) is 0.0206. The molecule has 39 heteroatoms. The van der Waals surface area contributed by atoms with Gasteiger partial charge >= 0.3 is 23.9 Å². The zero-order valence-electron chi connectivity index (χ0n) is 71.6. The number of phenols is 1. The maximum atomic E-state index is 15.0. The number of benzene rings is 5. The van der Waals surface area contributed by atoms with Crippen LogP contribution in [-0.4, -0.2) is 230 Å². The highest BCUT2D eigenvalue weighted by atomic mass is 16.4. The molecule has 0 saturated carbocycles. The number of carbonyl (C=O) groups excluding carboxylic acids is 13. The van der Waals surface area contributed by atoms with Crippen molar-refractivity contribution in [1.82, 2.24) is 69.1 Å². The van der Waals surface area contributed by atoms with Crippen molar-refractivity contribution in [3.05, 3.63) is 173 Å². The number of amides is 13. The normalized spacial score (nSPS) is 14.4. The molecule has 5 rings (SSSR count). The summed E-state index contributed by atoms with van der Waals surface area (Å²) in [6.45, 7) is 6.04. The van der Waals surface area contributed by atoms with Crippen LogP contribution >= 0.6 is 0 Å². The smallest absolute Gasteiger partial charge is 0.326 e. The van der Waals surface area contributed by atoms with E-state index < -0.39 is 223 Å². The van der Waals surface area contributed by atoms with Crippen molar-refractivity contribution in [2.75, 3.05) is 19.6 Å². The molecule has 0 heterocycles. The van der Waals surface area contributed by atoms with Gasteiger partial charge in [-0.2, -0.15) is 0 Å². The number of unbranched alkanes of at least 4 members (excludes halogenated alkanes) is 3. The SMILES string of the molecule is CC(C)[C@H](NC(=O)[C@H](CCCCN)NC(=O)[C@H](CC(=O)O)NC(=O)[C@H](Cc1ccc(O)cc1)NC(=O)[C@H](Cc1ccccc1)NC(=O)[C@H](C)N)C(=O)N[C@@H](Cc1ccccc1)C(=O)N[C@@H](CCC(=O)O)C(=O)N[C@@H](CCCCN)C(=O)N[C@@H](Cc1ccccc1)C(=O)N[C@@H](CCCCN)C(=O)N[C@@H](CCC(=O)O)C(=O)N[C@@H](C)C(=O)N[C@@H](Cc1ccccc1)C(=O)O. The molecule has 0 bridgehead atoms. The summed E-state index contributed by atoms with van der Waals surface area (Å²) in [6.07, 6.45) is -3.88. The fourth-order valence-electron chi connectivity index (χ4n) is 13.3. The monoisotopic (exact) mass is 1770 g/mol. The van der Waals surface area contributed by atoms with Crippen molar-refractivity contribution >= 4 is 101 Å². The Kier molecular flexibility index (Phi) is 45.3. The summed E-state index contributed by atoms with van der Waals surface area (Å²) in [4.78, 5) is 237. The van der Waals surface area contributed by atoms with E-state index in [-0.39, 0.29) is 109 Å². The Morgan fingerprint density at radius 1 is 0.276 bits per heavy atom. The number of carboxylic acid groups (broad SMARTS) is 4. The molecule has 0 radical (unpaired) electrons. The molecule has 0 saturated heterocycles. The number of aliphatic carboxylic acids is 4. The molecule has 127 heavy (non-hydrogen) atoms. The average molecular weight is 1770 g/mol. The summed E-state index contributed by atoms with van der Waals surface area (Å²) >= 11 is 0. The van der Waals surface area contributed by atoms with Crippen molar-refractivity contribution < 1.29 is 107 Å². The van der Waals surface area contributed by atoms with Gasteiger partial charge in [-0.25, -0.2) is 4.79 Å². The summed E-state index contributed by atoms with van der Waals surface area (Å²) in [5.74, 6) is -19.8. The van der Waals surface area contributed by atoms with Crippen LogP contribution in [0.15, 0.2) is 146 Å². The minimum absolute atomic E-state index is 0.0781. The number of carboxylic acids is 4. The van der Waals surface area contributed by atoms with Crippen molar-refractivity contribution in [2.45, 2.75) is 234 Å². The summed E-state index contributed by atoms with van der Waals surface area (Å²) in [5.41, 5.74) is 25.9. The van der Waals surface area contributed by atoms with Crippen LogP contribution in [0.5, 0.6) is 5.75 Å².